The van der Waals surface area contributed by atoms with E-state index in [0.29, 0.717) is 29.7 Å². The van der Waals surface area contributed by atoms with Gasteiger partial charge in [-0.3, -0.25) is 4.79 Å². The third kappa shape index (κ3) is 2.33. The number of hydrogen-bond donors (Lipinski definition) is 2. The lowest BCUT2D eigenvalue weighted by Gasteiger charge is -2.37. The third-order valence-electron chi connectivity index (χ3n) is 5.01. The molecule has 1 atom stereocenters. The molecule has 2 aliphatic rings. The van der Waals surface area contributed by atoms with E-state index in [1.807, 2.05) is 44.3 Å². The molecule has 5 nitrogen and oxygen atoms in total. The number of benzene rings is 1. The van der Waals surface area contributed by atoms with Crippen LogP contribution >= 0.6 is 0 Å². The Morgan fingerprint density at radius 3 is 2.84 bits per heavy atom. The van der Waals surface area contributed by atoms with Gasteiger partial charge in [0, 0.05) is 35.5 Å². The number of allylic oxidation sites excluding steroid dienone is 3. The highest BCUT2D eigenvalue weighted by Crippen LogP contribution is 2.48. The first-order valence-corrected chi connectivity index (χ1v) is 8.31. The Hall–Kier alpha value is -3.00. The van der Waals surface area contributed by atoms with E-state index < -0.39 is 5.92 Å². The number of fused-ring (bicyclic) bond motifs is 1. The molecule has 126 valence electrons. The summed E-state index contributed by atoms with van der Waals surface area (Å²) < 4.78 is 5.72. The molecule has 25 heavy (non-hydrogen) atoms. The number of carbonyl (C=O) groups is 1. The number of nitrogens with two attached hydrogens (primary N) is 1. The van der Waals surface area contributed by atoms with Crippen molar-refractivity contribution in [1.29, 1.82) is 5.26 Å². The lowest BCUT2D eigenvalue weighted by Crippen LogP contribution is -2.33. The number of hydrogen-bond acceptors (Lipinski definition) is 4. The van der Waals surface area contributed by atoms with Gasteiger partial charge in [0.15, 0.2) is 5.78 Å². The quantitative estimate of drug-likeness (QED) is 0.833. The van der Waals surface area contributed by atoms with Crippen LogP contribution < -0.4 is 5.73 Å². The number of nitrogens with one attached hydrogen (secondary N) is 1. The summed E-state index contributed by atoms with van der Waals surface area (Å²) in [5.41, 5.74) is 8.61. The number of aromatic nitrogens is 1. The summed E-state index contributed by atoms with van der Waals surface area (Å²) in [6.07, 6.45) is 2.93. The zero-order valence-electron chi connectivity index (χ0n) is 14.2. The lowest BCUT2D eigenvalue weighted by molar-refractivity contribution is -0.119. The van der Waals surface area contributed by atoms with Crippen molar-refractivity contribution in [3.05, 3.63) is 58.8 Å². The first-order chi connectivity index (χ1) is 11.9. The Morgan fingerprint density at radius 1 is 1.32 bits per heavy atom. The molecule has 5 heteroatoms. The summed E-state index contributed by atoms with van der Waals surface area (Å²) in [5, 5.41) is 10.7. The molecule has 0 bridgehead atoms. The number of carbonyl (C=O) groups excluding carboxylic acids is 1. The minimum absolute atomic E-state index is 0.0294. The summed E-state index contributed by atoms with van der Waals surface area (Å²) in [4.78, 5) is 16.2. The smallest absolute Gasteiger partial charge is 0.205 e. The van der Waals surface area contributed by atoms with E-state index in [2.05, 4.69) is 11.1 Å². The molecule has 2 aromatic rings. The fourth-order valence-electron chi connectivity index (χ4n) is 3.93. The van der Waals surface area contributed by atoms with Gasteiger partial charge in [-0.15, -0.1) is 0 Å². The van der Waals surface area contributed by atoms with E-state index in [1.165, 1.54) is 0 Å². The predicted molar refractivity (Wildman–Crippen MR) is 94.0 cm³/mol. The standard InChI is InChI=1S/C20H19N3O2/c1-20(2)7-15(24)18-16(8-20)25-19(22)12(9-21)17(18)13-10-23-14-6-4-3-5-11(13)14/h3-6,10,17,23H,7-8,22H2,1-2H3. The van der Waals surface area contributed by atoms with Gasteiger partial charge in [0.25, 0.3) is 0 Å². The highest BCUT2D eigenvalue weighted by Gasteiger charge is 2.43. The number of ether oxygens (including phenoxy) is 1. The second kappa shape index (κ2) is 5.25. The number of nitrogens with zero attached hydrogens (tertiary/aromatic N) is 1. The third-order valence-corrected chi connectivity index (χ3v) is 5.01. The molecule has 1 aliphatic heterocycles. The van der Waals surface area contributed by atoms with Crippen molar-refractivity contribution >= 4 is 16.7 Å². The van der Waals surface area contributed by atoms with Gasteiger partial charge in [-0.25, -0.2) is 0 Å². The van der Waals surface area contributed by atoms with E-state index in [-0.39, 0.29) is 17.1 Å². The number of para-hydroxylation sites is 1. The number of aromatic amines is 1. The average Bonchev–Trinajstić information content (AvgIpc) is 2.96. The maximum atomic E-state index is 12.9. The van der Waals surface area contributed by atoms with Crippen LogP contribution in [0.2, 0.25) is 0 Å². The molecule has 0 radical (unpaired) electrons. The fourth-order valence-corrected chi connectivity index (χ4v) is 3.93. The van der Waals surface area contributed by atoms with Gasteiger partial charge in [0.2, 0.25) is 5.88 Å². The second-order valence-electron chi connectivity index (χ2n) is 7.49. The van der Waals surface area contributed by atoms with Crippen LogP contribution in [0.25, 0.3) is 10.9 Å². The number of rotatable bonds is 1. The SMILES string of the molecule is CC1(C)CC(=O)C2=C(C1)OC(N)=C(C#N)C2c1c[nH]c2ccccc12. The minimum atomic E-state index is -0.478. The highest BCUT2D eigenvalue weighted by molar-refractivity contribution is 6.01. The molecule has 1 aromatic heterocycles. The fraction of sp³-hybridized carbons (Fsp3) is 0.300. The largest absolute Gasteiger partial charge is 0.444 e. The van der Waals surface area contributed by atoms with Crippen LogP contribution in [0.1, 0.15) is 38.2 Å². The number of H-pyrrole nitrogens is 1. The van der Waals surface area contributed by atoms with E-state index in [1.54, 1.807) is 0 Å². The van der Waals surface area contributed by atoms with Crippen LogP contribution in [0, 0.1) is 16.7 Å². The van der Waals surface area contributed by atoms with Gasteiger partial charge in [-0.05, 0) is 17.0 Å². The molecule has 1 unspecified atom stereocenters. The van der Waals surface area contributed by atoms with Crippen LogP contribution in [-0.2, 0) is 9.53 Å². The molecule has 2 heterocycles. The summed E-state index contributed by atoms with van der Waals surface area (Å²) in [6.45, 7) is 4.08. The van der Waals surface area contributed by atoms with E-state index in [4.69, 9.17) is 10.5 Å². The van der Waals surface area contributed by atoms with Gasteiger partial charge >= 0.3 is 0 Å². The van der Waals surface area contributed by atoms with Gasteiger partial charge in [-0.2, -0.15) is 5.26 Å². The average molecular weight is 333 g/mol. The zero-order valence-corrected chi connectivity index (χ0v) is 14.2. The number of Topliss-reactive ketones (excluding diaryl/α,β-unsaturated/α-hetero) is 1. The van der Waals surface area contributed by atoms with Crippen LogP contribution in [0.4, 0.5) is 0 Å². The van der Waals surface area contributed by atoms with E-state index in [0.717, 1.165) is 16.5 Å². The molecule has 0 fully saturated rings. The monoisotopic (exact) mass is 333 g/mol. The lowest BCUT2D eigenvalue weighted by atomic mass is 9.70. The Balaban J connectivity index is 1.96. The second-order valence-corrected chi connectivity index (χ2v) is 7.49. The molecule has 3 N–H and O–H groups in total. The Bertz CT molecular complexity index is 1000. The molecular weight excluding hydrogens is 314 g/mol. The first-order valence-electron chi connectivity index (χ1n) is 8.31. The zero-order chi connectivity index (χ0) is 17.8. The molecule has 4 rings (SSSR count). The Kier molecular flexibility index (Phi) is 3.26. The van der Waals surface area contributed by atoms with Gasteiger partial charge in [0.1, 0.15) is 17.4 Å². The van der Waals surface area contributed by atoms with Crippen LogP contribution in [0.3, 0.4) is 0 Å². The van der Waals surface area contributed by atoms with Crippen molar-refractivity contribution in [3.63, 3.8) is 0 Å². The maximum absolute atomic E-state index is 12.9. The van der Waals surface area contributed by atoms with Crippen molar-refractivity contribution in [1.82, 2.24) is 4.98 Å². The van der Waals surface area contributed by atoms with Crippen molar-refractivity contribution in [2.45, 2.75) is 32.6 Å². The molecule has 0 saturated carbocycles. The van der Waals surface area contributed by atoms with E-state index in [9.17, 15) is 10.1 Å². The van der Waals surface area contributed by atoms with Crippen LogP contribution in [-0.4, -0.2) is 10.8 Å². The Labute approximate surface area is 145 Å². The maximum Gasteiger partial charge on any atom is 0.205 e. The summed E-state index contributed by atoms with van der Waals surface area (Å²) >= 11 is 0. The van der Waals surface area contributed by atoms with Gasteiger partial charge in [-0.1, -0.05) is 32.0 Å². The van der Waals surface area contributed by atoms with Crippen molar-refractivity contribution in [2.24, 2.45) is 11.1 Å². The predicted octanol–water partition coefficient (Wildman–Crippen LogP) is 3.62. The summed E-state index contributed by atoms with van der Waals surface area (Å²) in [5.74, 6) is 0.255. The first kappa shape index (κ1) is 15.5. The van der Waals surface area contributed by atoms with Gasteiger partial charge in [0.05, 0.1) is 5.92 Å². The van der Waals surface area contributed by atoms with Crippen molar-refractivity contribution in [3.8, 4) is 6.07 Å². The summed E-state index contributed by atoms with van der Waals surface area (Å²) in [7, 11) is 0. The number of ketones is 1. The van der Waals surface area contributed by atoms with Crippen LogP contribution in [0.5, 0.6) is 0 Å². The molecule has 0 spiro atoms. The molecule has 1 aliphatic carbocycles. The van der Waals surface area contributed by atoms with Crippen LogP contribution in [0.15, 0.2) is 53.3 Å². The van der Waals surface area contributed by atoms with Gasteiger partial charge < -0.3 is 15.5 Å². The van der Waals surface area contributed by atoms with E-state index >= 15 is 0 Å². The minimum Gasteiger partial charge on any atom is -0.444 e. The molecule has 0 saturated heterocycles. The Morgan fingerprint density at radius 2 is 2.08 bits per heavy atom. The van der Waals surface area contributed by atoms with Crippen molar-refractivity contribution < 1.29 is 9.53 Å². The highest BCUT2D eigenvalue weighted by atomic mass is 16.5. The normalized spacial score (nSPS) is 22.6. The number of nitriles is 1. The molecule has 1 aromatic carbocycles. The topological polar surface area (TPSA) is 91.9 Å². The molecule has 0 amide bonds. The molecular formula is C20H19N3O2. The summed E-state index contributed by atoms with van der Waals surface area (Å²) in [6, 6.07) is 10.0. The van der Waals surface area contributed by atoms with Crippen molar-refractivity contribution in [2.75, 3.05) is 0 Å².